The molecule has 1 N–H and O–H groups in total. The van der Waals surface area contributed by atoms with E-state index in [4.69, 9.17) is 4.74 Å². The number of para-hydroxylation sites is 1. The van der Waals surface area contributed by atoms with Gasteiger partial charge in [-0.3, -0.25) is 4.90 Å². The molecule has 2 aromatic rings. The fourth-order valence-corrected chi connectivity index (χ4v) is 4.29. The molecule has 0 aromatic heterocycles. The highest BCUT2D eigenvalue weighted by Crippen LogP contribution is 2.37. The van der Waals surface area contributed by atoms with E-state index in [1.807, 2.05) is 0 Å². The summed E-state index contributed by atoms with van der Waals surface area (Å²) >= 11 is 0. The number of fused-ring (bicyclic) bond motifs is 1. The predicted octanol–water partition coefficient (Wildman–Crippen LogP) is 3.98. The molecule has 1 aliphatic carbocycles. The zero-order valence-corrected chi connectivity index (χ0v) is 15.1. The Hall–Kier alpha value is -1.84. The summed E-state index contributed by atoms with van der Waals surface area (Å²) < 4.78 is 6.55. The Labute approximate surface area is 151 Å². The molecule has 0 atom stereocenters. The Balaban J connectivity index is 1.39. The molecule has 1 fully saturated rings. The second-order valence-electron chi connectivity index (χ2n) is 7.63. The third kappa shape index (κ3) is 3.73. The van der Waals surface area contributed by atoms with Crippen molar-refractivity contribution < 1.29 is 4.74 Å². The van der Waals surface area contributed by atoms with E-state index < -0.39 is 0 Å². The molecule has 1 spiro atoms. The Kier molecular flexibility index (Phi) is 4.78. The van der Waals surface area contributed by atoms with Crippen LogP contribution in [0.25, 0.3) is 0 Å². The molecule has 0 radical (unpaired) electrons. The Morgan fingerprint density at radius 2 is 1.76 bits per heavy atom. The van der Waals surface area contributed by atoms with Crippen molar-refractivity contribution in [3.05, 3.63) is 65.7 Å². The summed E-state index contributed by atoms with van der Waals surface area (Å²) in [6.45, 7) is 2.90. The van der Waals surface area contributed by atoms with Gasteiger partial charge in [0.25, 0.3) is 0 Å². The first-order valence-corrected chi connectivity index (χ1v) is 9.46. The molecule has 3 nitrogen and oxygen atoms in total. The Bertz CT molecular complexity index is 692. The molecule has 0 saturated heterocycles. The first-order valence-electron chi connectivity index (χ1n) is 9.46. The van der Waals surface area contributed by atoms with Crippen molar-refractivity contribution in [3.63, 3.8) is 0 Å². The monoisotopic (exact) mass is 336 g/mol. The lowest BCUT2D eigenvalue weighted by molar-refractivity contribution is 0.00873. The smallest absolute Gasteiger partial charge is 0.124 e. The number of hydrogen-bond donors (Lipinski definition) is 1. The van der Waals surface area contributed by atoms with Gasteiger partial charge in [0, 0.05) is 31.2 Å². The van der Waals surface area contributed by atoms with Crippen LogP contribution in [0.15, 0.2) is 54.6 Å². The number of ether oxygens (including phenoxy) is 1. The van der Waals surface area contributed by atoms with Crippen molar-refractivity contribution >= 4 is 0 Å². The second kappa shape index (κ2) is 7.19. The van der Waals surface area contributed by atoms with Gasteiger partial charge in [-0.05, 0) is 44.4 Å². The first kappa shape index (κ1) is 16.6. The molecule has 1 heterocycles. The van der Waals surface area contributed by atoms with E-state index in [0.29, 0.717) is 6.04 Å². The van der Waals surface area contributed by atoms with Gasteiger partial charge in [0.05, 0.1) is 0 Å². The van der Waals surface area contributed by atoms with Gasteiger partial charge in [-0.1, -0.05) is 48.5 Å². The largest absolute Gasteiger partial charge is 0.486 e. The van der Waals surface area contributed by atoms with Crippen molar-refractivity contribution in [3.8, 4) is 5.75 Å². The van der Waals surface area contributed by atoms with E-state index in [1.54, 1.807) is 0 Å². The van der Waals surface area contributed by atoms with Crippen molar-refractivity contribution in [1.82, 2.24) is 10.2 Å². The van der Waals surface area contributed by atoms with E-state index in [2.05, 4.69) is 71.9 Å². The van der Waals surface area contributed by atoms with E-state index in [-0.39, 0.29) is 5.60 Å². The maximum Gasteiger partial charge on any atom is 0.124 e. The van der Waals surface area contributed by atoms with Gasteiger partial charge in [0.1, 0.15) is 11.4 Å². The van der Waals surface area contributed by atoms with Gasteiger partial charge >= 0.3 is 0 Å². The van der Waals surface area contributed by atoms with Crippen molar-refractivity contribution in [2.24, 2.45) is 0 Å². The molecule has 1 aliphatic heterocycles. The number of rotatable bonds is 3. The van der Waals surface area contributed by atoms with Gasteiger partial charge in [0.15, 0.2) is 0 Å². The van der Waals surface area contributed by atoms with Crippen LogP contribution in [0, 0.1) is 0 Å². The highest BCUT2D eigenvalue weighted by molar-refractivity contribution is 5.35. The average molecular weight is 336 g/mol. The van der Waals surface area contributed by atoms with Crippen LogP contribution >= 0.6 is 0 Å². The van der Waals surface area contributed by atoms with Gasteiger partial charge in [0.2, 0.25) is 0 Å². The van der Waals surface area contributed by atoms with Crippen LogP contribution < -0.4 is 10.1 Å². The lowest BCUT2D eigenvalue weighted by Crippen LogP contribution is -2.50. The third-order valence-electron chi connectivity index (χ3n) is 5.83. The molecule has 0 amide bonds. The van der Waals surface area contributed by atoms with Gasteiger partial charge in [-0.2, -0.15) is 0 Å². The minimum absolute atomic E-state index is 0.0311. The molecule has 25 heavy (non-hydrogen) atoms. The van der Waals surface area contributed by atoms with Crippen LogP contribution in [0.2, 0.25) is 0 Å². The molecule has 1 saturated carbocycles. The molecule has 2 aliphatic rings. The summed E-state index contributed by atoms with van der Waals surface area (Å²) in [6.07, 6.45) is 4.65. The SMILES string of the molecule is CN(Cc1ccccc1)C1CCC2(CC1)CNCc1ccccc1O2. The Morgan fingerprint density at radius 1 is 1.04 bits per heavy atom. The van der Waals surface area contributed by atoms with Crippen molar-refractivity contribution in [2.45, 2.75) is 50.4 Å². The minimum atomic E-state index is -0.0311. The molecule has 4 rings (SSSR count). The standard InChI is InChI=1S/C22H28N2O/c1-24(16-18-7-3-2-4-8-18)20-11-13-22(14-12-20)17-23-15-19-9-5-6-10-21(19)25-22/h2-10,20,23H,11-17H2,1H3. The molecule has 0 unspecified atom stereocenters. The molecule has 132 valence electrons. The van der Waals surface area contributed by atoms with Gasteiger partial charge in [-0.15, -0.1) is 0 Å². The lowest BCUT2D eigenvalue weighted by Gasteiger charge is -2.42. The molecule has 3 heteroatoms. The van der Waals surface area contributed by atoms with Crippen LogP contribution in [0.3, 0.4) is 0 Å². The average Bonchev–Trinajstić information content (AvgIpc) is 2.82. The van der Waals surface area contributed by atoms with Crippen molar-refractivity contribution in [1.29, 1.82) is 0 Å². The van der Waals surface area contributed by atoms with Gasteiger partial charge in [-0.25, -0.2) is 0 Å². The summed E-state index contributed by atoms with van der Waals surface area (Å²) in [5.41, 5.74) is 2.64. The maximum atomic E-state index is 6.55. The van der Waals surface area contributed by atoms with E-state index in [1.165, 1.54) is 24.0 Å². The normalized spacial score (nSPS) is 26.1. The highest BCUT2D eigenvalue weighted by atomic mass is 16.5. The van der Waals surface area contributed by atoms with Crippen LogP contribution in [-0.4, -0.2) is 30.1 Å². The zero-order chi connectivity index (χ0) is 17.1. The Morgan fingerprint density at radius 3 is 2.56 bits per heavy atom. The number of nitrogens with one attached hydrogen (secondary N) is 1. The summed E-state index contributed by atoms with van der Waals surface area (Å²) in [5.74, 6) is 1.07. The summed E-state index contributed by atoms with van der Waals surface area (Å²) in [5, 5.41) is 3.61. The second-order valence-corrected chi connectivity index (χ2v) is 7.63. The van der Waals surface area contributed by atoms with E-state index >= 15 is 0 Å². The highest BCUT2D eigenvalue weighted by Gasteiger charge is 2.39. The zero-order valence-electron chi connectivity index (χ0n) is 15.1. The summed E-state index contributed by atoms with van der Waals surface area (Å²) in [6, 6.07) is 19.9. The number of nitrogens with zero attached hydrogens (tertiary/aromatic N) is 1. The summed E-state index contributed by atoms with van der Waals surface area (Å²) in [7, 11) is 2.26. The molecular weight excluding hydrogens is 308 g/mol. The first-order chi connectivity index (χ1) is 12.2. The fourth-order valence-electron chi connectivity index (χ4n) is 4.29. The van der Waals surface area contributed by atoms with E-state index in [9.17, 15) is 0 Å². The van der Waals surface area contributed by atoms with Crippen LogP contribution in [0.5, 0.6) is 5.75 Å². The number of hydrogen-bond acceptors (Lipinski definition) is 3. The topological polar surface area (TPSA) is 24.5 Å². The maximum absolute atomic E-state index is 6.55. The molecule has 0 bridgehead atoms. The van der Waals surface area contributed by atoms with Crippen LogP contribution in [0.1, 0.15) is 36.8 Å². The van der Waals surface area contributed by atoms with Crippen molar-refractivity contribution in [2.75, 3.05) is 13.6 Å². The fraction of sp³-hybridized carbons (Fsp3) is 0.455. The van der Waals surface area contributed by atoms with Crippen LogP contribution in [-0.2, 0) is 13.1 Å². The third-order valence-corrected chi connectivity index (χ3v) is 5.83. The van der Waals surface area contributed by atoms with Crippen LogP contribution in [0.4, 0.5) is 0 Å². The van der Waals surface area contributed by atoms with Gasteiger partial charge < -0.3 is 10.1 Å². The van der Waals surface area contributed by atoms with E-state index in [0.717, 1.165) is 38.2 Å². The lowest BCUT2D eigenvalue weighted by atomic mass is 9.81. The minimum Gasteiger partial charge on any atom is -0.486 e. The number of benzene rings is 2. The molecular formula is C22H28N2O. The quantitative estimate of drug-likeness (QED) is 0.917. The predicted molar refractivity (Wildman–Crippen MR) is 102 cm³/mol. The summed E-state index contributed by atoms with van der Waals surface area (Å²) in [4.78, 5) is 2.51. The molecule has 2 aromatic carbocycles.